The van der Waals surface area contributed by atoms with Gasteiger partial charge in [0.2, 0.25) is 0 Å². The first-order chi connectivity index (χ1) is 10.8. The third-order valence-corrected chi connectivity index (χ3v) is 4.77. The number of ketones is 1. The lowest BCUT2D eigenvalue weighted by Crippen LogP contribution is -2.48. The summed E-state index contributed by atoms with van der Waals surface area (Å²) >= 11 is 0. The number of carbonyl (C=O) groups excluding carboxylic acids is 2. The molecule has 2 rings (SSSR count). The van der Waals surface area contributed by atoms with Gasteiger partial charge in [0, 0.05) is 5.92 Å². The second kappa shape index (κ2) is 6.74. The summed E-state index contributed by atoms with van der Waals surface area (Å²) in [7, 11) is 0. The van der Waals surface area contributed by atoms with Gasteiger partial charge < -0.3 is 4.84 Å². The molecule has 0 aromatic heterocycles. The Bertz CT molecular complexity index is 669. The fourth-order valence-corrected chi connectivity index (χ4v) is 3.08. The van der Waals surface area contributed by atoms with Crippen LogP contribution in [0, 0.1) is 28.6 Å². The first kappa shape index (κ1) is 16.9. The molecule has 0 N–H and O–H groups in total. The Morgan fingerprint density at radius 2 is 2.04 bits per heavy atom. The Hall–Kier alpha value is -2.48. The number of rotatable bonds is 5. The minimum atomic E-state index is -0.394. The number of oxime groups is 1. The van der Waals surface area contributed by atoms with Gasteiger partial charge in [0.1, 0.15) is 5.78 Å². The van der Waals surface area contributed by atoms with Crippen molar-refractivity contribution >= 4 is 18.0 Å². The number of benzene rings is 1. The molecule has 2 atom stereocenters. The molecule has 5 nitrogen and oxygen atoms in total. The van der Waals surface area contributed by atoms with Crippen molar-refractivity contribution in [2.75, 3.05) is 0 Å². The van der Waals surface area contributed by atoms with Crippen LogP contribution in [0.2, 0.25) is 0 Å². The molecule has 1 aliphatic carbocycles. The number of hydrogen-bond acceptors (Lipinski definition) is 5. The maximum atomic E-state index is 11.8. The zero-order chi connectivity index (χ0) is 17.0. The third-order valence-electron chi connectivity index (χ3n) is 4.77. The highest BCUT2D eigenvalue weighted by atomic mass is 16.7. The zero-order valence-corrected chi connectivity index (χ0v) is 13.6. The van der Waals surface area contributed by atoms with Gasteiger partial charge in [-0.3, -0.25) is 4.79 Å². The van der Waals surface area contributed by atoms with E-state index in [4.69, 9.17) is 10.1 Å². The van der Waals surface area contributed by atoms with Crippen molar-refractivity contribution < 1.29 is 14.4 Å². The fraction of sp³-hybridized carbons (Fsp3) is 0.444. The summed E-state index contributed by atoms with van der Waals surface area (Å²) < 4.78 is 0. The lowest BCUT2D eigenvalue weighted by Gasteiger charge is -2.50. The maximum absolute atomic E-state index is 11.8. The molecule has 1 fully saturated rings. The zero-order valence-electron chi connectivity index (χ0n) is 13.6. The second-order valence-electron chi connectivity index (χ2n) is 6.55. The van der Waals surface area contributed by atoms with Gasteiger partial charge >= 0.3 is 5.97 Å². The van der Waals surface area contributed by atoms with Gasteiger partial charge in [0.15, 0.2) is 0 Å². The molecule has 0 bridgehead atoms. The Morgan fingerprint density at radius 1 is 1.39 bits per heavy atom. The number of nitriles is 1. The van der Waals surface area contributed by atoms with Crippen LogP contribution in [0.5, 0.6) is 0 Å². The van der Waals surface area contributed by atoms with E-state index >= 15 is 0 Å². The van der Waals surface area contributed by atoms with Crippen molar-refractivity contribution in [1.29, 1.82) is 5.26 Å². The summed E-state index contributed by atoms with van der Waals surface area (Å²) in [6, 6.07) is 8.81. The van der Waals surface area contributed by atoms with Crippen LogP contribution in [0.4, 0.5) is 0 Å². The van der Waals surface area contributed by atoms with Crippen molar-refractivity contribution in [1.82, 2.24) is 0 Å². The molecule has 0 heterocycles. The van der Waals surface area contributed by atoms with Gasteiger partial charge in [-0.2, -0.15) is 5.26 Å². The van der Waals surface area contributed by atoms with Crippen molar-refractivity contribution in [2.24, 2.45) is 22.4 Å². The van der Waals surface area contributed by atoms with Crippen molar-refractivity contribution in [2.45, 2.75) is 33.6 Å². The normalized spacial score (nSPS) is 22.2. The molecule has 120 valence electrons. The van der Waals surface area contributed by atoms with E-state index in [-0.39, 0.29) is 29.5 Å². The van der Waals surface area contributed by atoms with E-state index in [0.717, 1.165) is 12.0 Å². The Labute approximate surface area is 135 Å². The third kappa shape index (κ3) is 3.84. The van der Waals surface area contributed by atoms with Crippen LogP contribution in [0.1, 0.15) is 44.7 Å². The molecule has 5 heteroatoms. The second-order valence-corrected chi connectivity index (χ2v) is 6.55. The predicted molar refractivity (Wildman–Crippen MR) is 85.5 cm³/mol. The van der Waals surface area contributed by atoms with Gasteiger partial charge in [0.25, 0.3) is 0 Å². The van der Waals surface area contributed by atoms with Crippen LogP contribution < -0.4 is 0 Å². The van der Waals surface area contributed by atoms with E-state index < -0.39 is 5.97 Å². The highest BCUT2D eigenvalue weighted by Gasteiger charge is 2.50. The van der Waals surface area contributed by atoms with Crippen LogP contribution in [0.25, 0.3) is 0 Å². The standard InChI is InChI=1S/C18H20N2O3/c1-12(21)16-8-15(18(16,2)3)9-17(22)23-20-11-14-6-4-13(10-19)5-7-14/h4-7,11,15-16H,8-9H2,1-3H3/t15-,16+/m0/s1. The van der Waals surface area contributed by atoms with Crippen LogP contribution in [0.3, 0.4) is 0 Å². The van der Waals surface area contributed by atoms with Crippen molar-refractivity contribution in [3.05, 3.63) is 35.4 Å². The van der Waals surface area contributed by atoms with E-state index in [2.05, 4.69) is 5.16 Å². The molecule has 0 aliphatic heterocycles. The van der Waals surface area contributed by atoms with Gasteiger partial charge in [-0.25, -0.2) is 4.79 Å². The van der Waals surface area contributed by atoms with Gasteiger partial charge in [-0.1, -0.05) is 31.1 Å². The molecule has 1 aromatic rings. The lowest BCUT2D eigenvalue weighted by molar-refractivity contribution is -0.153. The van der Waals surface area contributed by atoms with E-state index in [9.17, 15) is 9.59 Å². The Morgan fingerprint density at radius 3 is 2.57 bits per heavy atom. The topological polar surface area (TPSA) is 79.5 Å². The van der Waals surface area contributed by atoms with E-state index in [0.29, 0.717) is 5.56 Å². The minimum absolute atomic E-state index is 0.0300. The average molecular weight is 312 g/mol. The summed E-state index contributed by atoms with van der Waals surface area (Å²) in [6.07, 6.45) is 2.43. The number of nitrogens with zero attached hydrogens (tertiary/aromatic N) is 2. The summed E-state index contributed by atoms with van der Waals surface area (Å²) in [4.78, 5) is 28.2. The fourth-order valence-electron chi connectivity index (χ4n) is 3.08. The molecule has 0 saturated heterocycles. The Balaban J connectivity index is 1.83. The predicted octanol–water partition coefficient (Wildman–Crippen LogP) is 3.08. The molecule has 1 aliphatic rings. The van der Waals surface area contributed by atoms with Gasteiger partial charge in [-0.15, -0.1) is 0 Å². The highest BCUT2D eigenvalue weighted by molar-refractivity contribution is 5.81. The average Bonchev–Trinajstić information content (AvgIpc) is 2.51. The maximum Gasteiger partial charge on any atom is 0.335 e. The van der Waals surface area contributed by atoms with Crippen LogP contribution in [-0.4, -0.2) is 18.0 Å². The molecule has 0 radical (unpaired) electrons. The molecule has 0 spiro atoms. The Kier molecular flexibility index (Phi) is 4.95. The van der Waals surface area contributed by atoms with E-state index in [1.165, 1.54) is 6.21 Å². The molecule has 23 heavy (non-hydrogen) atoms. The highest BCUT2D eigenvalue weighted by Crippen LogP contribution is 2.53. The number of hydrogen-bond donors (Lipinski definition) is 0. The van der Waals surface area contributed by atoms with Gasteiger partial charge in [0.05, 0.1) is 24.3 Å². The largest absolute Gasteiger partial charge is 0.335 e. The van der Waals surface area contributed by atoms with E-state index in [1.54, 1.807) is 31.2 Å². The SMILES string of the molecule is CC(=O)[C@H]1C[C@@H](CC(=O)ON=Cc2ccc(C#N)cc2)C1(C)C. The van der Waals surface area contributed by atoms with E-state index in [1.807, 2.05) is 19.9 Å². The summed E-state index contributed by atoms with van der Waals surface area (Å²) in [5.41, 5.74) is 1.14. The number of Topliss-reactive ketones (excluding diaryl/α,β-unsaturated/α-hetero) is 1. The first-order valence-electron chi connectivity index (χ1n) is 7.58. The lowest BCUT2D eigenvalue weighted by atomic mass is 9.53. The van der Waals surface area contributed by atoms with Crippen molar-refractivity contribution in [3.8, 4) is 6.07 Å². The van der Waals surface area contributed by atoms with Crippen LogP contribution in [-0.2, 0) is 14.4 Å². The summed E-state index contributed by atoms with van der Waals surface area (Å²) in [6.45, 7) is 5.63. The smallest absolute Gasteiger partial charge is 0.318 e. The van der Waals surface area contributed by atoms with Crippen LogP contribution in [0.15, 0.2) is 29.4 Å². The summed E-state index contributed by atoms with van der Waals surface area (Å²) in [5, 5.41) is 12.4. The number of carbonyl (C=O) groups is 2. The molecule has 1 saturated carbocycles. The monoisotopic (exact) mass is 312 g/mol. The molecular formula is C18H20N2O3. The molecule has 0 amide bonds. The summed E-state index contributed by atoms with van der Waals surface area (Å²) in [5.74, 6) is -0.0371. The molecule has 0 unspecified atom stereocenters. The quantitative estimate of drug-likeness (QED) is 0.475. The molecule has 1 aromatic carbocycles. The minimum Gasteiger partial charge on any atom is -0.318 e. The van der Waals surface area contributed by atoms with Crippen LogP contribution >= 0.6 is 0 Å². The van der Waals surface area contributed by atoms with Gasteiger partial charge in [-0.05, 0) is 42.4 Å². The first-order valence-corrected chi connectivity index (χ1v) is 7.58. The molecular weight excluding hydrogens is 292 g/mol. The van der Waals surface area contributed by atoms with Crippen molar-refractivity contribution in [3.63, 3.8) is 0 Å².